The average molecular weight is 368 g/mol. The molecule has 25 heavy (non-hydrogen) atoms. The first-order valence-corrected chi connectivity index (χ1v) is 8.67. The molecular formula is C18H20ClF2N3O. The summed E-state index contributed by atoms with van der Waals surface area (Å²) in [7, 11) is 0. The van der Waals surface area contributed by atoms with Crippen molar-refractivity contribution in [3.8, 4) is 0 Å². The molecule has 0 aliphatic heterocycles. The zero-order valence-electron chi connectivity index (χ0n) is 14.1. The maximum atomic E-state index is 13.1. The lowest BCUT2D eigenvalue weighted by Gasteiger charge is -2.25. The maximum Gasteiger partial charge on any atom is 0.280 e. The fraction of sp³-hybridized carbons (Fsp3) is 0.444. The van der Waals surface area contributed by atoms with E-state index in [9.17, 15) is 13.6 Å². The predicted molar refractivity (Wildman–Crippen MR) is 92.0 cm³/mol. The number of halogens is 3. The first kappa shape index (κ1) is 17.9. The van der Waals surface area contributed by atoms with E-state index in [2.05, 4.69) is 24.0 Å². The molecule has 0 unspecified atom stereocenters. The van der Waals surface area contributed by atoms with Crippen molar-refractivity contribution in [1.29, 1.82) is 0 Å². The highest BCUT2D eigenvalue weighted by molar-refractivity contribution is 6.30. The van der Waals surface area contributed by atoms with Crippen LogP contribution in [0.25, 0.3) is 0 Å². The van der Waals surface area contributed by atoms with Crippen LogP contribution in [0.5, 0.6) is 0 Å². The summed E-state index contributed by atoms with van der Waals surface area (Å²) in [6.07, 6.45) is 0.177. The molecule has 1 N–H and O–H groups in total. The first-order valence-electron chi connectivity index (χ1n) is 8.29. The fourth-order valence-corrected chi connectivity index (χ4v) is 3.19. The van der Waals surface area contributed by atoms with Gasteiger partial charge >= 0.3 is 0 Å². The summed E-state index contributed by atoms with van der Waals surface area (Å²) in [6, 6.07) is 5.71. The predicted octanol–water partition coefficient (Wildman–Crippen LogP) is 4.93. The van der Waals surface area contributed by atoms with Crippen molar-refractivity contribution < 1.29 is 13.6 Å². The molecule has 0 atom stereocenters. The minimum atomic E-state index is -2.76. The Hall–Kier alpha value is -1.95. The number of benzene rings is 1. The standard InChI is InChI=1S/C18H20ClF2N3O/c1-10(2)14-6-3-12(19)7-11(14)9-24(13-4-5-13)18(25)15-8-22-23-16(15)17(20)21/h3,6-8,10,13,17H,4-5,9H2,1-2H3,(H,22,23). The number of aromatic nitrogens is 2. The molecule has 2 aromatic rings. The van der Waals surface area contributed by atoms with Gasteiger partial charge in [-0.3, -0.25) is 9.89 Å². The monoisotopic (exact) mass is 367 g/mol. The van der Waals surface area contributed by atoms with Crippen molar-refractivity contribution in [2.24, 2.45) is 0 Å². The van der Waals surface area contributed by atoms with Crippen LogP contribution < -0.4 is 0 Å². The Morgan fingerprint density at radius 3 is 2.72 bits per heavy atom. The number of rotatable bonds is 6. The Morgan fingerprint density at radius 1 is 1.40 bits per heavy atom. The SMILES string of the molecule is CC(C)c1ccc(Cl)cc1CN(C(=O)c1cn[nH]c1C(F)F)C1CC1. The lowest BCUT2D eigenvalue weighted by Crippen LogP contribution is -2.33. The molecule has 0 spiro atoms. The van der Waals surface area contributed by atoms with Crippen molar-refractivity contribution >= 4 is 17.5 Å². The average Bonchev–Trinajstić information content (AvgIpc) is 3.26. The highest BCUT2D eigenvalue weighted by atomic mass is 35.5. The zero-order chi connectivity index (χ0) is 18.1. The second kappa shape index (κ2) is 7.12. The number of alkyl halides is 2. The van der Waals surface area contributed by atoms with E-state index >= 15 is 0 Å². The van der Waals surface area contributed by atoms with E-state index in [4.69, 9.17) is 11.6 Å². The lowest BCUT2D eigenvalue weighted by molar-refractivity contribution is 0.0717. The van der Waals surface area contributed by atoms with Gasteiger partial charge in [-0.25, -0.2) is 8.78 Å². The van der Waals surface area contributed by atoms with E-state index in [1.807, 2.05) is 18.2 Å². The van der Waals surface area contributed by atoms with Crippen LogP contribution in [0.3, 0.4) is 0 Å². The minimum absolute atomic E-state index is 0.0602. The van der Waals surface area contributed by atoms with Gasteiger partial charge in [-0.1, -0.05) is 31.5 Å². The lowest BCUT2D eigenvalue weighted by atomic mass is 9.96. The summed E-state index contributed by atoms with van der Waals surface area (Å²) in [5.74, 6) is -0.143. The Bertz CT molecular complexity index is 771. The van der Waals surface area contributed by atoms with E-state index in [1.165, 1.54) is 6.20 Å². The highest BCUT2D eigenvalue weighted by Crippen LogP contribution is 2.33. The van der Waals surface area contributed by atoms with Gasteiger partial charge in [-0.05, 0) is 42.0 Å². The largest absolute Gasteiger partial charge is 0.331 e. The van der Waals surface area contributed by atoms with E-state index in [0.717, 1.165) is 24.0 Å². The summed E-state index contributed by atoms with van der Waals surface area (Å²) in [6.45, 7) is 4.49. The summed E-state index contributed by atoms with van der Waals surface area (Å²) in [5.41, 5.74) is 1.56. The summed E-state index contributed by atoms with van der Waals surface area (Å²) in [4.78, 5) is 14.5. The highest BCUT2D eigenvalue weighted by Gasteiger charge is 2.35. The van der Waals surface area contributed by atoms with Gasteiger partial charge in [0.25, 0.3) is 12.3 Å². The number of aromatic amines is 1. The fourth-order valence-electron chi connectivity index (χ4n) is 3.00. The summed E-state index contributed by atoms with van der Waals surface area (Å²) in [5, 5.41) is 6.45. The third-order valence-corrected chi connectivity index (χ3v) is 4.67. The molecule has 1 fully saturated rings. The third-order valence-electron chi connectivity index (χ3n) is 4.43. The molecular weight excluding hydrogens is 348 g/mol. The molecule has 1 aliphatic carbocycles. The van der Waals surface area contributed by atoms with Crippen molar-refractivity contribution in [1.82, 2.24) is 15.1 Å². The number of hydrogen-bond donors (Lipinski definition) is 1. The summed E-state index contributed by atoms with van der Waals surface area (Å²) >= 11 is 6.13. The molecule has 1 aromatic heterocycles. The van der Waals surface area contributed by atoms with Gasteiger partial charge in [0.1, 0.15) is 5.69 Å². The minimum Gasteiger partial charge on any atom is -0.331 e. The number of nitrogens with one attached hydrogen (secondary N) is 1. The normalized spacial score (nSPS) is 14.4. The Morgan fingerprint density at radius 2 is 2.12 bits per heavy atom. The number of hydrogen-bond acceptors (Lipinski definition) is 2. The van der Waals surface area contributed by atoms with Gasteiger partial charge in [0, 0.05) is 17.6 Å². The van der Waals surface area contributed by atoms with Gasteiger partial charge in [-0.2, -0.15) is 5.10 Å². The van der Waals surface area contributed by atoms with Crippen LogP contribution >= 0.6 is 11.6 Å². The van der Waals surface area contributed by atoms with Crippen LogP contribution in [-0.2, 0) is 6.54 Å². The molecule has 1 saturated carbocycles. The van der Waals surface area contributed by atoms with Crippen LogP contribution in [0.15, 0.2) is 24.4 Å². The Labute approximate surface area is 150 Å². The smallest absolute Gasteiger partial charge is 0.280 e. The van der Waals surface area contributed by atoms with Crippen LogP contribution in [0.4, 0.5) is 8.78 Å². The second-order valence-electron chi connectivity index (χ2n) is 6.66. The quantitative estimate of drug-likeness (QED) is 0.787. The van der Waals surface area contributed by atoms with Gasteiger partial charge in [-0.15, -0.1) is 0 Å². The number of carbonyl (C=O) groups is 1. The molecule has 3 rings (SSSR count). The molecule has 1 aliphatic rings. The van der Waals surface area contributed by atoms with Crippen molar-refractivity contribution in [2.75, 3.05) is 0 Å². The number of amides is 1. The molecule has 134 valence electrons. The molecule has 1 heterocycles. The van der Waals surface area contributed by atoms with Gasteiger partial charge < -0.3 is 4.90 Å². The molecule has 0 bridgehead atoms. The van der Waals surface area contributed by atoms with Gasteiger partial charge in [0.05, 0.1) is 11.8 Å². The van der Waals surface area contributed by atoms with E-state index in [1.54, 1.807) is 4.90 Å². The number of carbonyl (C=O) groups excluding carboxylic acids is 1. The van der Waals surface area contributed by atoms with E-state index in [-0.39, 0.29) is 17.5 Å². The first-order chi connectivity index (χ1) is 11.9. The zero-order valence-corrected chi connectivity index (χ0v) is 14.9. The van der Waals surface area contributed by atoms with Crippen LogP contribution in [0.2, 0.25) is 5.02 Å². The second-order valence-corrected chi connectivity index (χ2v) is 7.10. The number of H-pyrrole nitrogens is 1. The van der Waals surface area contributed by atoms with Gasteiger partial charge in [0.2, 0.25) is 0 Å². The molecule has 4 nitrogen and oxygen atoms in total. The number of nitrogens with zero attached hydrogens (tertiary/aromatic N) is 2. The molecule has 1 amide bonds. The van der Waals surface area contributed by atoms with Crippen LogP contribution in [-0.4, -0.2) is 27.0 Å². The Balaban J connectivity index is 1.92. The Kier molecular flexibility index (Phi) is 5.08. The van der Waals surface area contributed by atoms with Crippen LogP contribution in [0, 0.1) is 0 Å². The molecule has 7 heteroatoms. The van der Waals surface area contributed by atoms with Crippen molar-refractivity contribution in [3.63, 3.8) is 0 Å². The summed E-state index contributed by atoms with van der Waals surface area (Å²) < 4.78 is 26.2. The molecule has 1 aromatic carbocycles. The van der Waals surface area contributed by atoms with Crippen molar-refractivity contribution in [3.05, 3.63) is 51.8 Å². The molecule has 0 radical (unpaired) electrons. The van der Waals surface area contributed by atoms with Crippen LogP contribution in [0.1, 0.15) is 66.2 Å². The third kappa shape index (κ3) is 3.84. The molecule has 0 saturated heterocycles. The van der Waals surface area contributed by atoms with E-state index < -0.39 is 18.0 Å². The topological polar surface area (TPSA) is 49.0 Å². The van der Waals surface area contributed by atoms with Crippen molar-refractivity contribution in [2.45, 2.75) is 51.6 Å². The van der Waals surface area contributed by atoms with E-state index in [0.29, 0.717) is 11.6 Å². The van der Waals surface area contributed by atoms with Gasteiger partial charge in [0.15, 0.2) is 0 Å². The maximum absolute atomic E-state index is 13.1.